The highest BCUT2D eigenvalue weighted by Gasteiger charge is 2.26. The number of fused-ring (bicyclic) bond motifs is 2. The first-order chi connectivity index (χ1) is 14.6. The molecule has 4 heterocycles. The second kappa shape index (κ2) is 7.45. The van der Waals surface area contributed by atoms with Gasteiger partial charge in [-0.2, -0.15) is 0 Å². The minimum atomic E-state index is -0.227. The van der Waals surface area contributed by atoms with Crippen LogP contribution < -0.4 is 11.1 Å². The van der Waals surface area contributed by atoms with Gasteiger partial charge < -0.3 is 4.90 Å². The maximum absolute atomic E-state index is 12.7. The molecular formula is C20H18N6O3S. The monoisotopic (exact) mass is 422 g/mol. The predicted octanol–water partition coefficient (Wildman–Crippen LogP) is 1.43. The van der Waals surface area contributed by atoms with Gasteiger partial charge in [0.15, 0.2) is 0 Å². The second-order valence-electron chi connectivity index (χ2n) is 7.28. The van der Waals surface area contributed by atoms with Crippen molar-refractivity contribution in [3.8, 4) is 0 Å². The highest BCUT2D eigenvalue weighted by molar-refractivity contribution is 7.17. The number of rotatable bonds is 3. The van der Waals surface area contributed by atoms with Gasteiger partial charge in [-0.1, -0.05) is 17.3 Å². The van der Waals surface area contributed by atoms with Crippen molar-refractivity contribution in [3.05, 3.63) is 62.7 Å². The van der Waals surface area contributed by atoms with Gasteiger partial charge in [-0.25, -0.2) is 9.67 Å². The minimum Gasteiger partial charge on any atom is -0.341 e. The van der Waals surface area contributed by atoms with Gasteiger partial charge in [0.05, 0.1) is 23.3 Å². The molecule has 0 atom stereocenters. The molecule has 0 aliphatic carbocycles. The van der Waals surface area contributed by atoms with Crippen LogP contribution in [0.15, 0.2) is 51.6 Å². The number of aromatic nitrogens is 5. The summed E-state index contributed by atoms with van der Waals surface area (Å²) in [5, 5.41) is 10.5. The number of hydrogen-bond donors (Lipinski definition) is 0. The van der Waals surface area contributed by atoms with Crippen molar-refractivity contribution >= 4 is 38.4 Å². The number of hydrogen-bond acceptors (Lipinski definition) is 7. The van der Waals surface area contributed by atoms with Crippen molar-refractivity contribution < 1.29 is 4.79 Å². The standard InChI is InChI=1S/C20H18N6O3S/c27-17(11-25-12-21-15-4-2-1-3-14(15)19(25)28)24-8-5-13(6-9-24)26-20(29)18-16(22-23-26)7-10-30-18/h1-4,7,10,12-13H,5-6,8-9,11H2. The summed E-state index contributed by atoms with van der Waals surface area (Å²) >= 11 is 1.36. The van der Waals surface area contributed by atoms with Gasteiger partial charge in [0.25, 0.3) is 11.1 Å². The molecule has 152 valence electrons. The normalized spacial score (nSPS) is 15.1. The van der Waals surface area contributed by atoms with E-state index < -0.39 is 0 Å². The number of nitrogens with zero attached hydrogens (tertiary/aromatic N) is 6. The van der Waals surface area contributed by atoms with Crippen LogP contribution in [-0.4, -0.2) is 48.4 Å². The van der Waals surface area contributed by atoms with Gasteiger partial charge >= 0.3 is 0 Å². The molecule has 0 N–H and O–H groups in total. The summed E-state index contributed by atoms with van der Waals surface area (Å²) in [5.74, 6) is -0.139. The Morgan fingerprint density at radius 1 is 1.07 bits per heavy atom. The SMILES string of the molecule is O=C(Cn1cnc2ccccc2c1=O)N1CCC(n2nnc3ccsc3c2=O)CC1. The van der Waals surface area contributed by atoms with Crippen LogP contribution in [0.5, 0.6) is 0 Å². The van der Waals surface area contributed by atoms with Gasteiger partial charge in [0, 0.05) is 13.1 Å². The lowest BCUT2D eigenvalue weighted by molar-refractivity contribution is -0.133. The highest BCUT2D eigenvalue weighted by atomic mass is 32.1. The number of para-hydroxylation sites is 1. The number of benzene rings is 1. The minimum absolute atomic E-state index is 0.0533. The Bertz CT molecular complexity index is 1370. The van der Waals surface area contributed by atoms with Crippen molar-refractivity contribution in [3.63, 3.8) is 0 Å². The zero-order chi connectivity index (χ0) is 20.7. The van der Waals surface area contributed by atoms with E-state index in [1.807, 2.05) is 11.4 Å². The molecule has 1 fully saturated rings. The van der Waals surface area contributed by atoms with E-state index in [9.17, 15) is 14.4 Å². The third-order valence-electron chi connectivity index (χ3n) is 5.50. The molecule has 4 aromatic rings. The third kappa shape index (κ3) is 3.18. The van der Waals surface area contributed by atoms with Crippen molar-refractivity contribution in [1.29, 1.82) is 0 Å². The molecule has 0 spiro atoms. The van der Waals surface area contributed by atoms with Gasteiger partial charge in [-0.3, -0.25) is 19.0 Å². The molecule has 3 aromatic heterocycles. The lowest BCUT2D eigenvalue weighted by Gasteiger charge is -2.32. The molecule has 0 unspecified atom stereocenters. The Hall–Kier alpha value is -3.40. The average molecular weight is 422 g/mol. The molecule has 5 rings (SSSR count). The van der Waals surface area contributed by atoms with Crippen LogP contribution in [0.1, 0.15) is 18.9 Å². The average Bonchev–Trinajstić information content (AvgIpc) is 3.26. The highest BCUT2D eigenvalue weighted by Crippen LogP contribution is 2.22. The van der Waals surface area contributed by atoms with Crippen LogP contribution in [0, 0.1) is 0 Å². The van der Waals surface area contributed by atoms with E-state index in [0.29, 0.717) is 47.1 Å². The fourth-order valence-electron chi connectivity index (χ4n) is 3.85. The summed E-state index contributed by atoms with van der Waals surface area (Å²) in [5.41, 5.74) is 0.869. The van der Waals surface area contributed by atoms with Gasteiger partial charge in [0.2, 0.25) is 5.91 Å². The van der Waals surface area contributed by atoms with Crippen molar-refractivity contribution in [2.75, 3.05) is 13.1 Å². The third-order valence-corrected chi connectivity index (χ3v) is 6.39. The summed E-state index contributed by atoms with van der Waals surface area (Å²) in [4.78, 5) is 44.0. The molecule has 1 aliphatic heterocycles. The van der Waals surface area contributed by atoms with E-state index in [4.69, 9.17) is 0 Å². The van der Waals surface area contributed by atoms with E-state index in [1.54, 1.807) is 29.2 Å². The Balaban J connectivity index is 1.29. The molecule has 1 saturated heterocycles. The summed E-state index contributed by atoms with van der Waals surface area (Å²) in [6.07, 6.45) is 2.64. The van der Waals surface area contributed by atoms with E-state index in [2.05, 4.69) is 15.3 Å². The van der Waals surface area contributed by atoms with Crippen LogP contribution >= 0.6 is 11.3 Å². The molecule has 30 heavy (non-hydrogen) atoms. The Morgan fingerprint density at radius 3 is 2.70 bits per heavy atom. The lowest BCUT2D eigenvalue weighted by atomic mass is 10.1. The van der Waals surface area contributed by atoms with Gasteiger partial charge in [-0.15, -0.1) is 16.4 Å². The van der Waals surface area contributed by atoms with Crippen molar-refractivity contribution in [1.82, 2.24) is 29.4 Å². The number of likely N-dealkylation sites (tertiary alicyclic amines) is 1. The first-order valence-corrected chi connectivity index (χ1v) is 10.5. The summed E-state index contributed by atoms with van der Waals surface area (Å²) in [6.45, 7) is 0.938. The zero-order valence-corrected chi connectivity index (χ0v) is 16.8. The molecule has 1 aliphatic rings. The first kappa shape index (κ1) is 18.6. The number of carbonyl (C=O) groups is 1. The van der Waals surface area contributed by atoms with Crippen molar-refractivity contribution in [2.24, 2.45) is 0 Å². The van der Waals surface area contributed by atoms with Crippen LogP contribution in [0.3, 0.4) is 0 Å². The molecule has 0 saturated carbocycles. The number of piperidine rings is 1. The quantitative estimate of drug-likeness (QED) is 0.495. The summed E-state index contributed by atoms with van der Waals surface area (Å²) in [6, 6.07) is 8.77. The molecule has 10 heteroatoms. The fraction of sp³-hybridized carbons (Fsp3) is 0.300. The molecule has 1 aromatic carbocycles. The van der Waals surface area contributed by atoms with E-state index >= 15 is 0 Å². The van der Waals surface area contributed by atoms with E-state index in [-0.39, 0.29) is 29.6 Å². The molecule has 0 radical (unpaired) electrons. The molecule has 1 amide bonds. The van der Waals surface area contributed by atoms with E-state index in [0.717, 1.165) is 0 Å². The molecule has 0 bridgehead atoms. The Morgan fingerprint density at radius 2 is 1.87 bits per heavy atom. The topological polar surface area (TPSA) is 103 Å². The van der Waals surface area contributed by atoms with Crippen LogP contribution in [-0.2, 0) is 11.3 Å². The van der Waals surface area contributed by atoms with Crippen LogP contribution in [0.4, 0.5) is 0 Å². The second-order valence-corrected chi connectivity index (χ2v) is 8.20. The summed E-state index contributed by atoms with van der Waals surface area (Å²) in [7, 11) is 0. The van der Waals surface area contributed by atoms with E-state index in [1.165, 1.54) is 26.9 Å². The number of amides is 1. The number of thiophene rings is 1. The maximum Gasteiger partial charge on any atom is 0.287 e. The van der Waals surface area contributed by atoms with Gasteiger partial charge in [0.1, 0.15) is 16.8 Å². The summed E-state index contributed by atoms with van der Waals surface area (Å²) < 4.78 is 3.39. The Kier molecular flexibility index (Phi) is 4.62. The number of carbonyl (C=O) groups excluding carboxylic acids is 1. The maximum atomic E-state index is 12.7. The zero-order valence-electron chi connectivity index (χ0n) is 16.0. The predicted molar refractivity (Wildman–Crippen MR) is 113 cm³/mol. The van der Waals surface area contributed by atoms with Gasteiger partial charge in [-0.05, 0) is 36.4 Å². The molecular weight excluding hydrogens is 404 g/mol. The molecule has 9 nitrogen and oxygen atoms in total. The smallest absolute Gasteiger partial charge is 0.287 e. The van der Waals surface area contributed by atoms with Crippen LogP contribution in [0.2, 0.25) is 0 Å². The first-order valence-electron chi connectivity index (χ1n) is 9.66. The largest absolute Gasteiger partial charge is 0.341 e. The van der Waals surface area contributed by atoms with Crippen LogP contribution in [0.25, 0.3) is 21.1 Å². The lowest BCUT2D eigenvalue weighted by Crippen LogP contribution is -2.43. The Labute approximate surface area is 174 Å². The fourth-order valence-corrected chi connectivity index (χ4v) is 4.60. The van der Waals surface area contributed by atoms with Crippen molar-refractivity contribution in [2.45, 2.75) is 25.4 Å².